The van der Waals surface area contributed by atoms with Crippen LogP contribution < -0.4 is 20.5 Å². The molecule has 17 heavy (non-hydrogen) atoms. The van der Waals surface area contributed by atoms with E-state index in [2.05, 4.69) is 5.32 Å². The quantitative estimate of drug-likeness (QED) is 0.672. The van der Waals surface area contributed by atoms with Gasteiger partial charge in [-0.25, -0.2) is 0 Å². The summed E-state index contributed by atoms with van der Waals surface area (Å²) < 4.78 is 10.8. The van der Waals surface area contributed by atoms with Crippen LogP contribution in [0.2, 0.25) is 0 Å². The Bertz CT molecular complexity index is 316. The van der Waals surface area contributed by atoms with Gasteiger partial charge in [0.15, 0.2) is 11.5 Å². The number of rotatable bonds is 8. The van der Waals surface area contributed by atoms with Gasteiger partial charge in [0.2, 0.25) is 0 Å². The topological polar surface area (TPSA) is 56.5 Å². The molecule has 0 fully saturated rings. The molecule has 1 aromatic carbocycles. The van der Waals surface area contributed by atoms with Gasteiger partial charge in [0.25, 0.3) is 0 Å². The molecule has 0 saturated carbocycles. The first-order valence-corrected chi connectivity index (χ1v) is 5.96. The lowest BCUT2D eigenvalue weighted by atomic mass is 10.2. The SMILES string of the molecule is COc1ccccc1OCCNCCC(C)N. The van der Waals surface area contributed by atoms with E-state index in [1.807, 2.05) is 31.2 Å². The van der Waals surface area contributed by atoms with Crippen LogP contribution in [-0.2, 0) is 0 Å². The van der Waals surface area contributed by atoms with Crippen LogP contribution in [0.15, 0.2) is 24.3 Å². The highest BCUT2D eigenvalue weighted by Gasteiger charge is 2.01. The summed E-state index contributed by atoms with van der Waals surface area (Å²) >= 11 is 0. The van der Waals surface area contributed by atoms with Crippen molar-refractivity contribution in [2.75, 3.05) is 26.8 Å². The Morgan fingerprint density at radius 1 is 1.24 bits per heavy atom. The smallest absolute Gasteiger partial charge is 0.161 e. The molecule has 0 amide bonds. The summed E-state index contributed by atoms with van der Waals surface area (Å²) in [4.78, 5) is 0. The van der Waals surface area contributed by atoms with E-state index in [0.717, 1.165) is 31.0 Å². The highest BCUT2D eigenvalue weighted by atomic mass is 16.5. The third-order valence-electron chi connectivity index (χ3n) is 2.38. The molecule has 3 N–H and O–H groups in total. The number of para-hydroxylation sites is 2. The van der Waals surface area contributed by atoms with Gasteiger partial charge in [-0.1, -0.05) is 12.1 Å². The van der Waals surface area contributed by atoms with Gasteiger partial charge in [0.05, 0.1) is 7.11 Å². The maximum Gasteiger partial charge on any atom is 0.161 e. The van der Waals surface area contributed by atoms with Crippen molar-refractivity contribution < 1.29 is 9.47 Å². The molecule has 0 radical (unpaired) electrons. The fourth-order valence-corrected chi connectivity index (χ4v) is 1.43. The van der Waals surface area contributed by atoms with Crippen molar-refractivity contribution in [3.05, 3.63) is 24.3 Å². The number of nitrogens with two attached hydrogens (primary N) is 1. The number of hydrogen-bond acceptors (Lipinski definition) is 4. The molecule has 0 aliphatic heterocycles. The second-order valence-corrected chi connectivity index (χ2v) is 4.02. The molecular weight excluding hydrogens is 216 g/mol. The number of benzene rings is 1. The average molecular weight is 238 g/mol. The first-order valence-electron chi connectivity index (χ1n) is 5.96. The van der Waals surface area contributed by atoms with Crippen molar-refractivity contribution in [1.82, 2.24) is 5.32 Å². The summed E-state index contributed by atoms with van der Waals surface area (Å²) in [5.74, 6) is 1.55. The summed E-state index contributed by atoms with van der Waals surface area (Å²) in [5, 5.41) is 3.28. The van der Waals surface area contributed by atoms with E-state index < -0.39 is 0 Å². The molecule has 0 aliphatic rings. The Balaban J connectivity index is 2.17. The second-order valence-electron chi connectivity index (χ2n) is 4.02. The lowest BCUT2D eigenvalue weighted by Crippen LogP contribution is -2.27. The van der Waals surface area contributed by atoms with Crippen molar-refractivity contribution in [3.63, 3.8) is 0 Å². The molecule has 0 aliphatic carbocycles. The molecule has 0 heterocycles. The monoisotopic (exact) mass is 238 g/mol. The molecule has 1 aromatic rings. The third kappa shape index (κ3) is 5.56. The molecule has 0 saturated heterocycles. The van der Waals surface area contributed by atoms with Gasteiger partial charge in [-0.2, -0.15) is 0 Å². The number of hydrogen-bond donors (Lipinski definition) is 2. The Hall–Kier alpha value is -1.26. The molecule has 0 bridgehead atoms. The molecule has 96 valence electrons. The van der Waals surface area contributed by atoms with Gasteiger partial charge in [0, 0.05) is 12.6 Å². The highest BCUT2D eigenvalue weighted by molar-refractivity contribution is 5.39. The minimum atomic E-state index is 0.248. The molecule has 0 aromatic heterocycles. The van der Waals surface area contributed by atoms with Gasteiger partial charge >= 0.3 is 0 Å². The van der Waals surface area contributed by atoms with Gasteiger partial charge < -0.3 is 20.5 Å². The lowest BCUT2D eigenvalue weighted by Gasteiger charge is -2.11. The summed E-state index contributed by atoms with van der Waals surface area (Å²) in [5.41, 5.74) is 5.65. The zero-order valence-corrected chi connectivity index (χ0v) is 10.6. The summed E-state index contributed by atoms with van der Waals surface area (Å²) in [6.45, 7) is 4.37. The number of ether oxygens (including phenoxy) is 2. The largest absolute Gasteiger partial charge is 0.493 e. The first-order chi connectivity index (χ1) is 8.24. The minimum Gasteiger partial charge on any atom is -0.493 e. The molecule has 0 spiro atoms. The third-order valence-corrected chi connectivity index (χ3v) is 2.38. The molecule has 4 heteroatoms. The fourth-order valence-electron chi connectivity index (χ4n) is 1.43. The maximum absolute atomic E-state index is 5.65. The van der Waals surface area contributed by atoms with E-state index in [4.69, 9.17) is 15.2 Å². The van der Waals surface area contributed by atoms with Crippen LogP contribution in [-0.4, -0.2) is 32.8 Å². The van der Waals surface area contributed by atoms with Crippen molar-refractivity contribution >= 4 is 0 Å². The normalized spacial score (nSPS) is 12.2. The minimum absolute atomic E-state index is 0.248. The van der Waals surface area contributed by atoms with E-state index in [1.54, 1.807) is 7.11 Å². The summed E-state index contributed by atoms with van der Waals surface area (Å²) in [6.07, 6.45) is 0.981. The van der Waals surface area contributed by atoms with Crippen LogP contribution in [0.3, 0.4) is 0 Å². The van der Waals surface area contributed by atoms with Crippen LogP contribution in [0.4, 0.5) is 0 Å². The Labute approximate surface area is 103 Å². The van der Waals surface area contributed by atoms with Crippen LogP contribution in [0, 0.1) is 0 Å². The van der Waals surface area contributed by atoms with E-state index in [9.17, 15) is 0 Å². The molecular formula is C13H22N2O2. The molecule has 1 atom stereocenters. The predicted molar refractivity (Wildman–Crippen MR) is 69.6 cm³/mol. The van der Waals surface area contributed by atoms with E-state index >= 15 is 0 Å². The van der Waals surface area contributed by atoms with E-state index in [-0.39, 0.29) is 6.04 Å². The molecule has 4 nitrogen and oxygen atoms in total. The van der Waals surface area contributed by atoms with Gasteiger partial charge in [-0.05, 0) is 32.0 Å². The van der Waals surface area contributed by atoms with Gasteiger partial charge in [0.1, 0.15) is 6.61 Å². The molecule has 1 unspecified atom stereocenters. The standard InChI is InChI=1S/C13H22N2O2/c1-11(14)7-8-15-9-10-17-13-6-4-3-5-12(13)16-2/h3-6,11,15H,7-10,14H2,1-2H3. The van der Waals surface area contributed by atoms with E-state index in [1.165, 1.54) is 0 Å². The van der Waals surface area contributed by atoms with Gasteiger partial charge in [-0.3, -0.25) is 0 Å². The van der Waals surface area contributed by atoms with E-state index in [0.29, 0.717) is 6.61 Å². The first kappa shape index (κ1) is 13.8. The Kier molecular flexibility index (Phi) is 6.43. The van der Waals surface area contributed by atoms with Crippen LogP contribution in [0.1, 0.15) is 13.3 Å². The zero-order chi connectivity index (χ0) is 12.5. The second kappa shape index (κ2) is 7.92. The predicted octanol–water partition coefficient (Wildman–Crippen LogP) is 1.40. The fraction of sp³-hybridized carbons (Fsp3) is 0.538. The van der Waals surface area contributed by atoms with Crippen LogP contribution >= 0.6 is 0 Å². The highest BCUT2D eigenvalue weighted by Crippen LogP contribution is 2.25. The van der Waals surface area contributed by atoms with Crippen molar-refractivity contribution in [2.24, 2.45) is 5.73 Å². The average Bonchev–Trinajstić information content (AvgIpc) is 2.33. The van der Waals surface area contributed by atoms with Crippen molar-refractivity contribution in [1.29, 1.82) is 0 Å². The lowest BCUT2D eigenvalue weighted by molar-refractivity contribution is 0.292. The summed E-state index contributed by atoms with van der Waals surface area (Å²) in [6, 6.07) is 7.89. The molecule has 1 rings (SSSR count). The van der Waals surface area contributed by atoms with Crippen molar-refractivity contribution in [2.45, 2.75) is 19.4 Å². The number of methoxy groups -OCH3 is 1. The Morgan fingerprint density at radius 3 is 2.59 bits per heavy atom. The Morgan fingerprint density at radius 2 is 1.94 bits per heavy atom. The van der Waals surface area contributed by atoms with Crippen LogP contribution in [0.25, 0.3) is 0 Å². The van der Waals surface area contributed by atoms with Gasteiger partial charge in [-0.15, -0.1) is 0 Å². The zero-order valence-electron chi connectivity index (χ0n) is 10.6. The number of nitrogens with one attached hydrogen (secondary N) is 1. The summed E-state index contributed by atoms with van der Waals surface area (Å²) in [7, 11) is 1.64. The van der Waals surface area contributed by atoms with Crippen molar-refractivity contribution in [3.8, 4) is 11.5 Å². The van der Waals surface area contributed by atoms with Crippen LogP contribution in [0.5, 0.6) is 11.5 Å². The maximum atomic E-state index is 5.65.